The summed E-state index contributed by atoms with van der Waals surface area (Å²) in [6.45, 7) is 4.05. The van der Waals surface area contributed by atoms with E-state index in [9.17, 15) is 8.42 Å². The zero-order valence-corrected chi connectivity index (χ0v) is 11.1. The maximum atomic E-state index is 12.1. The van der Waals surface area contributed by atoms with Crippen LogP contribution < -0.4 is 10.5 Å². The van der Waals surface area contributed by atoms with Gasteiger partial charge in [0.25, 0.3) is 0 Å². The number of rotatable bonds is 5. The standard InChI is InChI=1S/C11H18N2O3S/c1-8-6-10(12)7-9(2)11(8)17(14,15)13-4-5-16-3/h6-7,13H,4-5,12H2,1-3H3. The molecule has 0 saturated heterocycles. The highest BCUT2D eigenvalue weighted by molar-refractivity contribution is 7.89. The molecule has 0 amide bonds. The van der Waals surface area contributed by atoms with Gasteiger partial charge in [-0.3, -0.25) is 0 Å². The van der Waals surface area contributed by atoms with Crippen LogP contribution in [0.4, 0.5) is 5.69 Å². The molecule has 0 saturated carbocycles. The normalized spacial score (nSPS) is 11.7. The fraction of sp³-hybridized carbons (Fsp3) is 0.455. The third kappa shape index (κ3) is 3.42. The van der Waals surface area contributed by atoms with Crippen molar-refractivity contribution >= 4 is 15.7 Å². The van der Waals surface area contributed by atoms with Crippen LogP contribution >= 0.6 is 0 Å². The largest absolute Gasteiger partial charge is 0.399 e. The van der Waals surface area contributed by atoms with E-state index in [1.165, 1.54) is 7.11 Å². The first-order chi connectivity index (χ1) is 7.88. The van der Waals surface area contributed by atoms with Gasteiger partial charge in [-0.1, -0.05) is 0 Å². The molecule has 0 spiro atoms. The van der Waals surface area contributed by atoms with Crippen LogP contribution in [-0.2, 0) is 14.8 Å². The molecule has 0 fully saturated rings. The van der Waals surface area contributed by atoms with Crippen molar-refractivity contribution in [2.75, 3.05) is 26.0 Å². The van der Waals surface area contributed by atoms with Gasteiger partial charge >= 0.3 is 0 Å². The van der Waals surface area contributed by atoms with Crippen LogP contribution in [0.5, 0.6) is 0 Å². The number of aryl methyl sites for hydroxylation is 2. The number of ether oxygens (including phenoxy) is 1. The van der Waals surface area contributed by atoms with E-state index < -0.39 is 10.0 Å². The summed E-state index contributed by atoms with van der Waals surface area (Å²) in [5.41, 5.74) is 7.52. The van der Waals surface area contributed by atoms with E-state index in [1.54, 1.807) is 26.0 Å². The molecule has 6 heteroatoms. The zero-order chi connectivity index (χ0) is 13.1. The zero-order valence-electron chi connectivity index (χ0n) is 10.3. The molecule has 0 aromatic heterocycles. The molecule has 0 atom stereocenters. The van der Waals surface area contributed by atoms with Gasteiger partial charge in [0.2, 0.25) is 10.0 Å². The molecule has 1 aromatic carbocycles. The number of nitrogens with one attached hydrogen (secondary N) is 1. The van der Waals surface area contributed by atoms with Crippen LogP contribution in [0.2, 0.25) is 0 Å². The van der Waals surface area contributed by atoms with E-state index >= 15 is 0 Å². The summed E-state index contributed by atoms with van der Waals surface area (Å²) in [6.07, 6.45) is 0. The molecule has 17 heavy (non-hydrogen) atoms. The summed E-state index contributed by atoms with van der Waals surface area (Å²) in [4.78, 5) is 0.294. The highest BCUT2D eigenvalue weighted by Gasteiger charge is 2.19. The van der Waals surface area contributed by atoms with Crippen molar-refractivity contribution in [1.82, 2.24) is 4.72 Å². The molecule has 5 nitrogen and oxygen atoms in total. The molecular weight excluding hydrogens is 240 g/mol. The molecule has 3 N–H and O–H groups in total. The van der Waals surface area contributed by atoms with Crippen molar-refractivity contribution in [2.24, 2.45) is 0 Å². The third-order valence-corrected chi connectivity index (χ3v) is 4.12. The second kappa shape index (κ2) is 5.48. The second-order valence-corrected chi connectivity index (χ2v) is 5.58. The topological polar surface area (TPSA) is 81.4 Å². The lowest BCUT2D eigenvalue weighted by atomic mass is 10.1. The smallest absolute Gasteiger partial charge is 0.241 e. The summed E-state index contributed by atoms with van der Waals surface area (Å²) < 4.78 is 31.4. The molecule has 0 aliphatic rings. The van der Waals surface area contributed by atoms with Crippen LogP contribution in [0.3, 0.4) is 0 Å². The van der Waals surface area contributed by atoms with Crippen LogP contribution in [0, 0.1) is 13.8 Å². The van der Waals surface area contributed by atoms with Crippen molar-refractivity contribution in [3.63, 3.8) is 0 Å². The Morgan fingerprint density at radius 1 is 1.29 bits per heavy atom. The second-order valence-electron chi connectivity index (χ2n) is 3.87. The highest BCUT2D eigenvalue weighted by Crippen LogP contribution is 2.22. The van der Waals surface area contributed by atoms with Crippen molar-refractivity contribution in [2.45, 2.75) is 18.7 Å². The van der Waals surface area contributed by atoms with Gasteiger partial charge in [0.15, 0.2) is 0 Å². The lowest BCUT2D eigenvalue weighted by molar-refractivity contribution is 0.204. The molecule has 96 valence electrons. The average Bonchev–Trinajstić information content (AvgIpc) is 2.15. The van der Waals surface area contributed by atoms with Crippen LogP contribution in [0.15, 0.2) is 17.0 Å². The number of nitrogen functional groups attached to an aromatic ring is 1. The van der Waals surface area contributed by atoms with E-state index in [-0.39, 0.29) is 6.54 Å². The van der Waals surface area contributed by atoms with Crippen molar-refractivity contribution < 1.29 is 13.2 Å². The Hall–Kier alpha value is -1.11. The maximum absolute atomic E-state index is 12.1. The quantitative estimate of drug-likeness (QED) is 0.605. The van der Waals surface area contributed by atoms with Crippen molar-refractivity contribution in [1.29, 1.82) is 0 Å². The van der Waals surface area contributed by atoms with Gasteiger partial charge in [0.1, 0.15) is 0 Å². The number of hydrogen-bond acceptors (Lipinski definition) is 4. The number of sulfonamides is 1. The lowest BCUT2D eigenvalue weighted by Gasteiger charge is -2.12. The first-order valence-electron chi connectivity index (χ1n) is 5.24. The summed E-state index contributed by atoms with van der Waals surface area (Å²) in [6, 6.07) is 3.30. The van der Waals surface area contributed by atoms with Crippen LogP contribution in [-0.4, -0.2) is 28.7 Å². The molecule has 1 aromatic rings. The Morgan fingerprint density at radius 2 is 1.82 bits per heavy atom. The predicted octanol–water partition coefficient (Wildman–Crippen LogP) is 0.810. The van der Waals surface area contributed by atoms with Gasteiger partial charge in [-0.2, -0.15) is 0 Å². The van der Waals surface area contributed by atoms with Gasteiger partial charge in [-0.15, -0.1) is 0 Å². The van der Waals surface area contributed by atoms with Gasteiger partial charge < -0.3 is 10.5 Å². The summed E-state index contributed by atoms with van der Waals surface area (Å²) in [5, 5.41) is 0. The number of benzene rings is 1. The summed E-state index contributed by atoms with van der Waals surface area (Å²) >= 11 is 0. The summed E-state index contributed by atoms with van der Waals surface area (Å²) in [5.74, 6) is 0. The van der Waals surface area contributed by atoms with Gasteiger partial charge in [0, 0.05) is 19.3 Å². The number of methoxy groups -OCH3 is 1. The van der Waals surface area contributed by atoms with Gasteiger partial charge in [-0.05, 0) is 37.1 Å². The van der Waals surface area contributed by atoms with E-state index in [0.717, 1.165) is 0 Å². The number of nitrogens with two attached hydrogens (primary N) is 1. The predicted molar refractivity (Wildman–Crippen MR) is 67.4 cm³/mol. The first-order valence-corrected chi connectivity index (χ1v) is 6.72. The molecular formula is C11H18N2O3S. The summed E-state index contributed by atoms with van der Waals surface area (Å²) in [7, 11) is -1.97. The minimum atomic E-state index is -3.50. The SMILES string of the molecule is COCCNS(=O)(=O)c1c(C)cc(N)cc1C. The Balaban J connectivity index is 3.07. The Morgan fingerprint density at radius 3 is 2.29 bits per heavy atom. The minimum Gasteiger partial charge on any atom is -0.399 e. The maximum Gasteiger partial charge on any atom is 0.241 e. The Labute approximate surface area is 102 Å². The number of anilines is 1. The van der Waals surface area contributed by atoms with Crippen molar-refractivity contribution in [3.8, 4) is 0 Å². The van der Waals surface area contributed by atoms with E-state index in [2.05, 4.69) is 4.72 Å². The molecule has 0 radical (unpaired) electrons. The molecule has 0 bridgehead atoms. The molecule has 1 rings (SSSR count). The Kier molecular flexibility index (Phi) is 4.50. The monoisotopic (exact) mass is 258 g/mol. The van der Waals surface area contributed by atoms with Gasteiger partial charge in [-0.25, -0.2) is 13.1 Å². The van der Waals surface area contributed by atoms with Crippen molar-refractivity contribution in [3.05, 3.63) is 23.3 Å². The Bertz CT molecular complexity index is 474. The molecule has 0 aliphatic carbocycles. The average molecular weight is 258 g/mol. The van der Waals surface area contributed by atoms with Crippen LogP contribution in [0.25, 0.3) is 0 Å². The third-order valence-electron chi connectivity index (χ3n) is 2.35. The molecule has 0 heterocycles. The lowest BCUT2D eigenvalue weighted by Crippen LogP contribution is -2.28. The molecule has 0 aliphatic heterocycles. The van der Waals surface area contributed by atoms with Gasteiger partial charge in [0.05, 0.1) is 11.5 Å². The fourth-order valence-corrected chi connectivity index (χ4v) is 3.22. The minimum absolute atomic E-state index is 0.252. The van der Waals surface area contributed by atoms with E-state index in [1.807, 2.05) is 0 Å². The first kappa shape index (κ1) is 14.0. The van der Waals surface area contributed by atoms with Crippen LogP contribution in [0.1, 0.15) is 11.1 Å². The van der Waals surface area contributed by atoms with E-state index in [0.29, 0.717) is 28.3 Å². The molecule has 0 unspecified atom stereocenters. The highest BCUT2D eigenvalue weighted by atomic mass is 32.2. The van der Waals surface area contributed by atoms with E-state index in [4.69, 9.17) is 10.5 Å². The fourth-order valence-electron chi connectivity index (χ4n) is 1.76. The number of hydrogen-bond donors (Lipinski definition) is 2.